The summed E-state index contributed by atoms with van der Waals surface area (Å²) in [6.45, 7) is 0. The first-order valence-corrected chi connectivity index (χ1v) is 15.3. The molecule has 6 aromatic carbocycles. The monoisotopic (exact) mass is 587 g/mol. The second-order valence-electron chi connectivity index (χ2n) is 11.3. The van der Waals surface area contributed by atoms with Gasteiger partial charge in [0.25, 0.3) is 0 Å². The zero-order chi connectivity index (χ0) is 30.5. The fourth-order valence-corrected chi connectivity index (χ4v) is 6.42. The summed E-state index contributed by atoms with van der Waals surface area (Å²) in [4.78, 5) is 25.1. The van der Waals surface area contributed by atoms with Crippen LogP contribution >= 0.6 is 0 Å². The molecular formula is C41H25N5. The molecule has 0 bridgehead atoms. The Labute approximate surface area is 264 Å². The molecule has 0 N–H and O–H groups in total. The summed E-state index contributed by atoms with van der Waals surface area (Å²) in [5.41, 5.74) is 6.42. The van der Waals surface area contributed by atoms with Gasteiger partial charge < -0.3 is 0 Å². The zero-order valence-corrected chi connectivity index (χ0v) is 24.7. The summed E-state index contributed by atoms with van der Waals surface area (Å²) in [6.07, 6.45) is 1.84. The van der Waals surface area contributed by atoms with Crippen molar-refractivity contribution in [2.24, 2.45) is 0 Å². The van der Waals surface area contributed by atoms with E-state index in [1.807, 2.05) is 79.0 Å². The number of rotatable bonds is 4. The van der Waals surface area contributed by atoms with Crippen LogP contribution in [0.25, 0.3) is 88.8 Å². The van der Waals surface area contributed by atoms with Crippen molar-refractivity contribution in [3.8, 4) is 45.4 Å². The van der Waals surface area contributed by atoms with E-state index in [4.69, 9.17) is 24.9 Å². The third-order valence-electron chi connectivity index (χ3n) is 8.55. The highest BCUT2D eigenvalue weighted by atomic mass is 15.0. The van der Waals surface area contributed by atoms with E-state index in [-0.39, 0.29) is 0 Å². The minimum Gasteiger partial charge on any atom is -0.256 e. The summed E-state index contributed by atoms with van der Waals surface area (Å²) in [5.74, 6) is 1.85. The van der Waals surface area contributed by atoms with E-state index < -0.39 is 0 Å². The van der Waals surface area contributed by atoms with Crippen LogP contribution in [0.15, 0.2) is 152 Å². The number of para-hydroxylation sites is 1. The smallest absolute Gasteiger partial charge is 0.164 e. The molecule has 0 fully saturated rings. The van der Waals surface area contributed by atoms with Gasteiger partial charge in [-0.25, -0.2) is 19.9 Å². The SMILES string of the molecule is c1ccc(-c2nc(-c3ccccc3)nc(-c3ccc(-c4nc5ccccc5c5c4ccc4ccccc45)c4ncccc34)n2)cc1. The van der Waals surface area contributed by atoms with Crippen LogP contribution in [0, 0.1) is 0 Å². The fraction of sp³-hybridized carbons (Fsp3) is 0. The van der Waals surface area contributed by atoms with Gasteiger partial charge in [-0.2, -0.15) is 0 Å². The number of nitrogens with zero attached hydrogens (tertiary/aromatic N) is 5. The Kier molecular flexibility index (Phi) is 6.06. The van der Waals surface area contributed by atoms with Crippen LogP contribution in [0.5, 0.6) is 0 Å². The van der Waals surface area contributed by atoms with Crippen LogP contribution in [-0.4, -0.2) is 24.9 Å². The second-order valence-corrected chi connectivity index (χ2v) is 11.3. The minimum atomic E-state index is 0.597. The number of hydrogen-bond acceptors (Lipinski definition) is 5. The summed E-state index contributed by atoms with van der Waals surface area (Å²) >= 11 is 0. The zero-order valence-electron chi connectivity index (χ0n) is 24.7. The molecule has 0 amide bonds. The standard InChI is InChI=1S/C41H25N5/c1-3-13-27(14-4-1)39-44-40(28-15-5-2-6-16-28)46-41(45-39)31-23-24-34(37-30(31)19-11-25-42-37)38-33-22-21-26-12-7-8-17-29(26)36(33)32-18-9-10-20-35(32)43-38/h1-25H. The number of pyridine rings is 2. The van der Waals surface area contributed by atoms with E-state index in [1.54, 1.807) is 0 Å². The van der Waals surface area contributed by atoms with Gasteiger partial charge in [0, 0.05) is 50.0 Å². The first-order valence-electron chi connectivity index (χ1n) is 15.3. The lowest BCUT2D eigenvalue weighted by atomic mass is 9.93. The molecule has 3 heterocycles. The van der Waals surface area contributed by atoms with Gasteiger partial charge >= 0.3 is 0 Å². The van der Waals surface area contributed by atoms with Crippen molar-refractivity contribution in [2.45, 2.75) is 0 Å². The first kappa shape index (κ1) is 26.1. The van der Waals surface area contributed by atoms with Gasteiger partial charge in [-0.1, -0.05) is 121 Å². The predicted molar refractivity (Wildman–Crippen MR) is 187 cm³/mol. The Hall–Kier alpha value is -6.33. The number of benzene rings is 6. The van der Waals surface area contributed by atoms with Gasteiger partial charge in [0.05, 0.1) is 16.7 Å². The van der Waals surface area contributed by atoms with Gasteiger partial charge in [-0.15, -0.1) is 0 Å². The van der Waals surface area contributed by atoms with Crippen LogP contribution in [0.1, 0.15) is 0 Å². The quantitative estimate of drug-likeness (QED) is 0.192. The van der Waals surface area contributed by atoms with Gasteiger partial charge in [-0.3, -0.25) is 4.98 Å². The van der Waals surface area contributed by atoms with E-state index in [0.717, 1.165) is 55.1 Å². The highest BCUT2D eigenvalue weighted by Gasteiger charge is 2.19. The lowest BCUT2D eigenvalue weighted by molar-refractivity contribution is 1.08. The Morgan fingerprint density at radius 1 is 0.370 bits per heavy atom. The lowest BCUT2D eigenvalue weighted by Gasteiger charge is -2.15. The molecule has 5 heteroatoms. The molecule has 9 rings (SSSR count). The third-order valence-corrected chi connectivity index (χ3v) is 8.55. The fourth-order valence-electron chi connectivity index (χ4n) is 6.42. The second kappa shape index (κ2) is 10.7. The van der Waals surface area contributed by atoms with Crippen LogP contribution in [0.2, 0.25) is 0 Å². The van der Waals surface area contributed by atoms with Crippen molar-refractivity contribution in [3.63, 3.8) is 0 Å². The molecule has 3 aromatic heterocycles. The molecule has 0 saturated heterocycles. The van der Waals surface area contributed by atoms with Crippen molar-refractivity contribution in [1.29, 1.82) is 0 Å². The Morgan fingerprint density at radius 3 is 1.74 bits per heavy atom. The average Bonchev–Trinajstić information content (AvgIpc) is 3.14. The van der Waals surface area contributed by atoms with E-state index >= 15 is 0 Å². The van der Waals surface area contributed by atoms with Crippen LogP contribution in [-0.2, 0) is 0 Å². The normalized spacial score (nSPS) is 11.5. The van der Waals surface area contributed by atoms with Gasteiger partial charge in [0.2, 0.25) is 0 Å². The molecule has 214 valence electrons. The van der Waals surface area contributed by atoms with E-state index in [0.29, 0.717) is 17.5 Å². The molecule has 0 aliphatic carbocycles. The minimum absolute atomic E-state index is 0.597. The van der Waals surface area contributed by atoms with Gasteiger partial charge in [0.1, 0.15) is 0 Å². The number of hydrogen-bond donors (Lipinski definition) is 0. The van der Waals surface area contributed by atoms with Crippen molar-refractivity contribution in [2.75, 3.05) is 0 Å². The van der Waals surface area contributed by atoms with Gasteiger partial charge in [-0.05, 0) is 35.0 Å². The van der Waals surface area contributed by atoms with Crippen LogP contribution in [0.3, 0.4) is 0 Å². The molecule has 0 atom stereocenters. The first-order chi connectivity index (χ1) is 22.8. The van der Waals surface area contributed by atoms with E-state index in [9.17, 15) is 0 Å². The van der Waals surface area contributed by atoms with Crippen LogP contribution in [0.4, 0.5) is 0 Å². The summed E-state index contributed by atoms with van der Waals surface area (Å²) in [5, 5.41) is 6.79. The number of fused-ring (bicyclic) bond motifs is 6. The molecular weight excluding hydrogens is 562 g/mol. The van der Waals surface area contributed by atoms with Crippen molar-refractivity contribution < 1.29 is 0 Å². The van der Waals surface area contributed by atoms with E-state index in [1.165, 1.54) is 16.2 Å². The number of aromatic nitrogens is 5. The Morgan fingerprint density at radius 2 is 0.978 bits per heavy atom. The van der Waals surface area contributed by atoms with Crippen molar-refractivity contribution in [1.82, 2.24) is 24.9 Å². The molecule has 46 heavy (non-hydrogen) atoms. The lowest BCUT2D eigenvalue weighted by Crippen LogP contribution is -2.01. The topological polar surface area (TPSA) is 64.5 Å². The van der Waals surface area contributed by atoms with Crippen molar-refractivity contribution in [3.05, 3.63) is 152 Å². The maximum absolute atomic E-state index is 5.26. The molecule has 0 aliphatic rings. The van der Waals surface area contributed by atoms with Crippen LogP contribution < -0.4 is 0 Å². The third kappa shape index (κ3) is 4.29. The summed E-state index contributed by atoms with van der Waals surface area (Å²) in [7, 11) is 0. The van der Waals surface area contributed by atoms with Crippen molar-refractivity contribution >= 4 is 43.4 Å². The molecule has 0 unspecified atom stereocenters. The molecule has 0 aliphatic heterocycles. The molecule has 9 aromatic rings. The molecule has 5 nitrogen and oxygen atoms in total. The highest BCUT2D eigenvalue weighted by Crippen LogP contribution is 2.40. The summed E-state index contributed by atoms with van der Waals surface area (Å²) in [6, 6.07) is 49.7. The maximum Gasteiger partial charge on any atom is 0.164 e. The highest BCUT2D eigenvalue weighted by molar-refractivity contribution is 6.23. The summed E-state index contributed by atoms with van der Waals surface area (Å²) < 4.78 is 0. The van der Waals surface area contributed by atoms with E-state index in [2.05, 4.69) is 72.8 Å². The average molecular weight is 588 g/mol. The van der Waals surface area contributed by atoms with Gasteiger partial charge in [0.15, 0.2) is 17.5 Å². The Bertz CT molecular complexity index is 2510. The molecule has 0 saturated carbocycles. The predicted octanol–water partition coefficient (Wildman–Crippen LogP) is 9.94. The maximum atomic E-state index is 5.26. The molecule has 0 spiro atoms. The molecule has 0 radical (unpaired) electrons. The Balaban J connectivity index is 1.31. The largest absolute Gasteiger partial charge is 0.256 e.